The molecule has 0 amide bonds. The van der Waals surface area contributed by atoms with Gasteiger partial charge in [-0.25, -0.2) is 9.36 Å². The molecule has 2 heterocycles. The molecule has 0 N–H and O–H groups in total. The third-order valence-electron chi connectivity index (χ3n) is 7.36. The third kappa shape index (κ3) is 5.30. The quantitative estimate of drug-likeness (QED) is 0.172. The Bertz CT molecular complexity index is 1740. The predicted octanol–water partition coefficient (Wildman–Crippen LogP) is 7.29. The molecule has 43 heavy (non-hydrogen) atoms. The lowest BCUT2D eigenvalue weighted by Crippen LogP contribution is -2.14. The van der Waals surface area contributed by atoms with E-state index in [2.05, 4.69) is 12.1 Å². The maximum absolute atomic E-state index is 5.76. The van der Waals surface area contributed by atoms with E-state index in [1.54, 1.807) is 28.4 Å². The van der Waals surface area contributed by atoms with E-state index in [0.29, 0.717) is 6.67 Å². The summed E-state index contributed by atoms with van der Waals surface area (Å²) in [5.41, 5.74) is 6.89. The molecule has 0 saturated heterocycles. The zero-order valence-corrected chi connectivity index (χ0v) is 24.5. The second kappa shape index (κ2) is 12.2. The molecule has 0 atom stereocenters. The minimum atomic E-state index is 0.311. The molecule has 0 aliphatic rings. The van der Waals surface area contributed by atoms with Crippen molar-refractivity contribution in [3.05, 3.63) is 109 Å². The Kier molecular flexibility index (Phi) is 7.82. The van der Waals surface area contributed by atoms with Crippen molar-refractivity contribution in [3.8, 4) is 68.0 Å². The summed E-state index contributed by atoms with van der Waals surface area (Å²) in [6.07, 6.45) is 0. The SMILES string of the molecule is COc1ccccc1-c1cc(-c2ccccc2OC)n(Cn2nc(-c3ccccc3OC)cc2-c2ccccc2OC)n1. The lowest BCUT2D eigenvalue weighted by Gasteiger charge is -2.14. The molecule has 0 saturated carbocycles. The second-order valence-electron chi connectivity index (χ2n) is 9.77. The minimum Gasteiger partial charge on any atom is -0.496 e. The molecule has 0 bridgehead atoms. The summed E-state index contributed by atoms with van der Waals surface area (Å²) < 4.78 is 26.8. The number of hydrogen-bond donors (Lipinski definition) is 0. The van der Waals surface area contributed by atoms with Crippen LogP contribution in [0.3, 0.4) is 0 Å². The van der Waals surface area contributed by atoms with Crippen molar-refractivity contribution in [2.75, 3.05) is 28.4 Å². The van der Waals surface area contributed by atoms with Crippen molar-refractivity contribution in [1.82, 2.24) is 19.6 Å². The van der Waals surface area contributed by atoms with Gasteiger partial charge in [-0.1, -0.05) is 48.5 Å². The lowest BCUT2D eigenvalue weighted by molar-refractivity contribution is 0.414. The van der Waals surface area contributed by atoms with E-state index in [1.807, 2.05) is 106 Å². The first-order valence-corrected chi connectivity index (χ1v) is 13.8. The van der Waals surface area contributed by atoms with Crippen molar-refractivity contribution in [2.45, 2.75) is 6.67 Å². The van der Waals surface area contributed by atoms with E-state index in [0.717, 1.165) is 68.0 Å². The molecule has 2 aromatic heterocycles. The van der Waals surface area contributed by atoms with E-state index in [4.69, 9.17) is 29.1 Å². The first-order valence-electron chi connectivity index (χ1n) is 13.8. The fourth-order valence-corrected chi connectivity index (χ4v) is 5.30. The van der Waals surface area contributed by atoms with Crippen LogP contribution in [0.1, 0.15) is 0 Å². The van der Waals surface area contributed by atoms with Gasteiger partial charge in [0.15, 0.2) is 0 Å². The van der Waals surface area contributed by atoms with Gasteiger partial charge in [-0.05, 0) is 60.7 Å². The summed E-state index contributed by atoms with van der Waals surface area (Å²) in [6.45, 7) is 0.311. The van der Waals surface area contributed by atoms with Crippen molar-refractivity contribution < 1.29 is 18.9 Å². The number of nitrogens with zero attached hydrogens (tertiary/aromatic N) is 4. The van der Waals surface area contributed by atoms with Crippen molar-refractivity contribution >= 4 is 0 Å². The van der Waals surface area contributed by atoms with Gasteiger partial charge in [-0.3, -0.25) is 0 Å². The molecule has 6 aromatic rings. The molecule has 4 aromatic carbocycles. The monoisotopic (exact) mass is 572 g/mol. The molecule has 0 radical (unpaired) electrons. The highest BCUT2D eigenvalue weighted by Crippen LogP contribution is 2.38. The number of aromatic nitrogens is 4. The predicted molar refractivity (Wildman–Crippen MR) is 168 cm³/mol. The molecule has 216 valence electrons. The Morgan fingerprint density at radius 3 is 1.09 bits per heavy atom. The van der Waals surface area contributed by atoms with E-state index in [1.165, 1.54) is 0 Å². The Morgan fingerprint density at radius 2 is 0.744 bits per heavy atom. The van der Waals surface area contributed by atoms with Gasteiger partial charge in [-0.15, -0.1) is 0 Å². The number of benzene rings is 4. The smallest absolute Gasteiger partial charge is 0.134 e. The highest BCUT2D eigenvalue weighted by Gasteiger charge is 2.21. The minimum absolute atomic E-state index is 0.311. The Balaban J connectivity index is 1.55. The molecule has 0 spiro atoms. The van der Waals surface area contributed by atoms with Crippen LogP contribution in [0.25, 0.3) is 45.0 Å². The average molecular weight is 573 g/mol. The zero-order valence-electron chi connectivity index (χ0n) is 24.5. The molecule has 8 heteroatoms. The van der Waals surface area contributed by atoms with Crippen LogP contribution in [0.4, 0.5) is 0 Å². The van der Waals surface area contributed by atoms with Crippen LogP contribution in [0.2, 0.25) is 0 Å². The topological polar surface area (TPSA) is 72.6 Å². The standard InChI is InChI=1S/C35H32N4O4/c1-40-32-17-9-5-13-24(32)28-21-30(26-15-7-11-19-34(26)42-3)38(36-28)23-39-31(27-16-8-12-20-35(27)43-4)22-29(37-39)25-14-6-10-18-33(25)41-2/h5-22H,23H2,1-4H3. The van der Waals surface area contributed by atoms with Crippen LogP contribution < -0.4 is 18.9 Å². The fraction of sp³-hybridized carbons (Fsp3) is 0.143. The van der Waals surface area contributed by atoms with E-state index >= 15 is 0 Å². The van der Waals surface area contributed by atoms with Gasteiger partial charge in [0.05, 0.1) is 51.2 Å². The van der Waals surface area contributed by atoms with Gasteiger partial charge in [0.1, 0.15) is 29.7 Å². The van der Waals surface area contributed by atoms with Gasteiger partial charge in [0.25, 0.3) is 0 Å². The van der Waals surface area contributed by atoms with Gasteiger partial charge in [0.2, 0.25) is 0 Å². The van der Waals surface area contributed by atoms with Crippen molar-refractivity contribution in [2.24, 2.45) is 0 Å². The molecule has 0 aliphatic carbocycles. The van der Waals surface area contributed by atoms with Gasteiger partial charge in [0, 0.05) is 22.3 Å². The molecular weight excluding hydrogens is 540 g/mol. The maximum Gasteiger partial charge on any atom is 0.134 e. The second-order valence-corrected chi connectivity index (χ2v) is 9.77. The molecular formula is C35H32N4O4. The third-order valence-corrected chi connectivity index (χ3v) is 7.36. The van der Waals surface area contributed by atoms with Crippen molar-refractivity contribution in [1.29, 1.82) is 0 Å². The number of rotatable bonds is 10. The van der Waals surface area contributed by atoms with Crippen LogP contribution in [-0.2, 0) is 6.67 Å². The molecule has 0 fully saturated rings. The summed E-state index contributed by atoms with van der Waals surface area (Å²) in [7, 11) is 6.68. The largest absolute Gasteiger partial charge is 0.496 e. The number of para-hydroxylation sites is 4. The summed E-state index contributed by atoms with van der Waals surface area (Å²) in [6, 6.07) is 35.7. The molecule has 8 nitrogen and oxygen atoms in total. The molecule has 6 rings (SSSR count). The van der Waals surface area contributed by atoms with Gasteiger partial charge in [-0.2, -0.15) is 10.2 Å². The fourth-order valence-electron chi connectivity index (χ4n) is 5.30. The van der Waals surface area contributed by atoms with E-state index in [9.17, 15) is 0 Å². The normalized spacial score (nSPS) is 10.9. The Hall–Kier alpha value is -5.50. The Morgan fingerprint density at radius 1 is 0.442 bits per heavy atom. The Labute approximate surface area is 250 Å². The molecule has 0 unspecified atom stereocenters. The summed E-state index contributed by atoms with van der Waals surface area (Å²) in [4.78, 5) is 0. The number of methoxy groups -OCH3 is 4. The van der Waals surface area contributed by atoms with E-state index < -0.39 is 0 Å². The molecule has 0 aliphatic heterocycles. The maximum atomic E-state index is 5.76. The zero-order chi connectivity index (χ0) is 29.8. The van der Waals surface area contributed by atoms with Gasteiger partial charge < -0.3 is 18.9 Å². The highest BCUT2D eigenvalue weighted by molar-refractivity contribution is 5.77. The van der Waals surface area contributed by atoms with E-state index in [-0.39, 0.29) is 0 Å². The number of hydrogen-bond acceptors (Lipinski definition) is 6. The summed E-state index contributed by atoms with van der Waals surface area (Å²) in [5.74, 6) is 2.97. The van der Waals surface area contributed by atoms with Gasteiger partial charge >= 0.3 is 0 Å². The van der Waals surface area contributed by atoms with Crippen LogP contribution in [0.5, 0.6) is 23.0 Å². The summed E-state index contributed by atoms with van der Waals surface area (Å²) >= 11 is 0. The first-order chi connectivity index (χ1) is 21.1. The lowest BCUT2D eigenvalue weighted by atomic mass is 10.1. The van der Waals surface area contributed by atoms with Crippen LogP contribution in [0, 0.1) is 0 Å². The first kappa shape index (κ1) is 27.7. The number of ether oxygens (including phenoxy) is 4. The van der Waals surface area contributed by atoms with Crippen LogP contribution in [0.15, 0.2) is 109 Å². The van der Waals surface area contributed by atoms with Crippen molar-refractivity contribution in [3.63, 3.8) is 0 Å². The summed E-state index contributed by atoms with van der Waals surface area (Å²) in [5, 5.41) is 10.2. The van der Waals surface area contributed by atoms with Crippen LogP contribution in [-0.4, -0.2) is 48.0 Å². The highest BCUT2D eigenvalue weighted by atomic mass is 16.5. The average Bonchev–Trinajstić information content (AvgIpc) is 3.69. The van der Waals surface area contributed by atoms with Crippen LogP contribution >= 0.6 is 0 Å².